The smallest absolute Gasteiger partial charge is 0.214 e. The summed E-state index contributed by atoms with van der Waals surface area (Å²) in [5.74, 6) is 1.99. The van der Waals surface area contributed by atoms with Crippen molar-refractivity contribution in [3.63, 3.8) is 0 Å². The molecular weight excluding hydrogens is 245 g/mol. The van der Waals surface area contributed by atoms with E-state index in [0.29, 0.717) is 12.4 Å². The fourth-order valence-electron chi connectivity index (χ4n) is 2.35. The predicted molar refractivity (Wildman–Crippen MR) is 69.1 cm³/mol. The third-order valence-corrected chi connectivity index (χ3v) is 3.33. The van der Waals surface area contributed by atoms with Crippen LogP contribution in [0.15, 0.2) is 18.2 Å². The zero-order chi connectivity index (χ0) is 13.1. The normalized spacial score (nSPS) is 14.8. The molecule has 3 rings (SSSR count). The number of hydrogen-bond acceptors (Lipinski definition) is 4. The van der Waals surface area contributed by atoms with Crippen LogP contribution in [0.25, 0.3) is 0 Å². The summed E-state index contributed by atoms with van der Waals surface area (Å²) in [4.78, 5) is 3.77. The third-order valence-electron chi connectivity index (χ3n) is 3.33. The molecule has 0 radical (unpaired) electrons. The Balaban J connectivity index is 1.72. The number of pyridine rings is 1. The number of anilines is 1. The van der Waals surface area contributed by atoms with Crippen molar-refractivity contribution < 1.29 is 4.39 Å². The molecule has 0 unspecified atom stereocenters. The van der Waals surface area contributed by atoms with Gasteiger partial charge >= 0.3 is 0 Å². The highest BCUT2D eigenvalue weighted by Gasteiger charge is 2.14. The van der Waals surface area contributed by atoms with E-state index in [0.717, 1.165) is 31.0 Å². The van der Waals surface area contributed by atoms with Gasteiger partial charge in [-0.1, -0.05) is 12.5 Å². The molecule has 6 heteroatoms. The Morgan fingerprint density at radius 3 is 3.05 bits per heavy atom. The average Bonchev–Trinajstić information content (AvgIpc) is 2.64. The predicted octanol–water partition coefficient (Wildman–Crippen LogP) is 2.15. The molecule has 1 N–H and O–H groups in total. The maximum atomic E-state index is 13.0. The molecular formula is C13H16FN5. The molecule has 0 amide bonds. The Kier molecular flexibility index (Phi) is 3.39. The summed E-state index contributed by atoms with van der Waals surface area (Å²) in [6.07, 6.45) is 4.57. The van der Waals surface area contributed by atoms with E-state index in [1.165, 1.54) is 18.9 Å². The van der Waals surface area contributed by atoms with Gasteiger partial charge in [0.2, 0.25) is 5.95 Å². The van der Waals surface area contributed by atoms with Crippen molar-refractivity contribution in [3.8, 4) is 0 Å². The molecule has 0 fully saturated rings. The minimum atomic E-state index is -0.481. The first kappa shape index (κ1) is 12.1. The van der Waals surface area contributed by atoms with Crippen molar-refractivity contribution in [3.05, 3.63) is 35.8 Å². The standard InChI is InChI=1S/C13H16FN5/c14-10-5-4-6-11(16-10)15-9-13-18-17-12-7-2-1-3-8-19(12)13/h4-6H,1-3,7-9H2,(H,15,16). The van der Waals surface area contributed by atoms with Gasteiger partial charge in [0.25, 0.3) is 0 Å². The van der Waals surface area contributed by atoms with Crippen molar-refractivity contribution in [1.82, 2.24) is 19.7 Å². The molecule has 0 saturated heterocycles. The van der Waals surface area contributed by atoms with Gasteiger partial charge in [-0.3, -0.25) is 0 Å². The van der Waals surface area contributed by atoms with Crippen LogP contribution in [0.2, 0.25) is 0 Å². The first-order valence-electron chi connectivity index (χ1n) is 6.60. The van der Waals surface area contributed by atoms with E-state index >= 15 is 0 Å². The first-order chi connectivity index (χ1) is 9.33. The molecule has 1 aliphatic rings. The van der Waals surface area contributed by atoms with Crippen LogP contribution in [0.3, 0.4) is 0 Å². The minimum absolute atomic E-state index is 0.481. The topological polar surface area (TPSA) is 55.6 Å². The number of rotatable bonds is 3. The highest BCUT2D eigenvalue weighted by molar-refractivity contribution is 5.33. The van der Waals surface area contributed by atoms with Crippen molar-refractivity contribution in [1.29, 1.82) is 0 Å². The summed E-state index contributed by atoms with van der Waals surface area (Å²) in [6, 6.07) is 4.70. The van der Waals surface area contributed by atoms with Gasteiger partial charge in [0.15, 0.2) is 5.82 Å². The Morgan fingerprint density at radius 1 is 1.21 bits per heavy atom. The summed E-state index contributed by atoms with van der Waals surface area (Å²) in [6.45, 7) is 1.49. The van der Waals surface area contributed by atoms with Crippen molar-refractivity contribution in [2.24, 2.45) is 0 Å². The Morgan fingerprint density at radius 2 is 2.16 bits per heavy atom. The molecule has 0 aliphatic carbocycles. The van der Waals surface area contributed by atoms with Gasteiger partial charge in [-0.25, -0.2) is 4.98 Å². The number of aromatic nitrogens is 4. The second kappa shape index (κ2) is 5.34. The van der Waals surface area contributed by atoms with E-state index in [4.69, 9.17) is 0 Å². The molecule has 0 aromatic carbocycles. The number of nitrogens with one attached hydrogen (secondary N) is 1. The second-order valence-corrected chi connectivity index (χ2v) is 4.69. The number of hydrogen-bond donors (Lipinski definition) is 1. The second-order valence-electron chi connectivity index (χ2n) is 4.69. The maximum absolute atomic E-state index is 13.0. The van der Waals surface area contributed by atoms with E-state index in [2.05, 4.69) is 25.1 Å². The van der Waals surface area contributed by atoms with Crippen LogP contribution in [0, 0.1) is 5.95 Å². The van der Waals surface area contributed by atoms with E-state index in [9.17, 15) is 4.39 Å². The van der Waals surface area contributed by atoms with Crippen LogP contribution < -0.4 is 5.32 Å². The fourth-order valence-corrected chi connectivity index (χ4v) is 2.35. The lowest BCUT2D eigenvalue weighted by Gasteiger charge is -2.08. The number of nitrogens with zero attached hydrogens (tertiary/aromatic N) is 4. The highest BCUT2D eigenvalue weighted by atomic mass is 19.1. The molecule has 0 bridgehead atoms. The lowest BCUT2D eigenvalue weighted by Crippen LogP contribution is -2.11. The molecule has 1 aliphatic heterocycles. The Labute approximate surface area is 110 Å². The van der Waals surface area contributed by atoms with Crippen LogP contribution in [0.1, 0.15) is 30.9 Å². The molecule has 19 heavy (non-hydrogen) atoms. The van der Waals surface area contributed by atoms with Crippen LogP contribution in [-0.2, 0) is 19.5 Å². The van der Waals surface area contributed by atoms with Crippen LogP contribution in [0.4, 0.5) is 10.2 Å². The SMILES string of the molecule is Fc1cccc(NCc2nnc3n2CCCCC3)n1. The van der Waals surface area contributed by atoms with Crippen molar-refractivity contribution >= 4 is 5.82 Å². The van der Waals surface area contributed by atoms with E-state index in [1.54, 1.807) is 12.1 Å². The van der Waals surface area contributed by atoms with Crippen molar-refractivity contribution in [2.75, 3.05) is 5.32 Å². The number of fused-ring (bicyclic) bond motifs is 1. The van der Waals surface area contributed by atoms with E-state index < -0.39 is 5.95 Å². The first-order valence-corrected chi connectivity index (χ1v) is 6.60. The van der Waals surface area contributed by atoms with E-state index in [1.807, 2.05) is 0 Å². The molecule has 2 aromatic rings. The van der Waals surface area contributed by atoms with Crippen LogP contribution in [0.5, 0.6) is 0 Å². The monoisotopic (exact) mass is 261 g/mol. The lowest BCUT2D eigenvalue weighted by molar-refractivity contribution is 0.584. The molecule has 100 valence electrons. The van der Waals surface area contributed by atoms with E-state index in [-0.39, 0.29) is 0 Å². The summed E-state index contributed by atoms with van der Waals surface area (Å²) in [5.41, 5.74) is 0. The van der Waals surface area contributed by atoms with Gasteiger partial charge < -0.3 is 9.88 Å². The summed E-state index contributed by atoms with van der Waals surface area (Å²) < 4.78 is 15.1. The third kappa shape index (κ3) is 2.72. The van der Waals surface area contributed by atoms with Gasteiger partial charge in [0.1, 0.15) is 11.6 Å². The number of halogens is 1. The number of aryl methyl sites for hydroxylation is 1. The molecule has 2 aromatic heterocycles. The van der Waals surface area contributed by atoms with Gasteiger partial charge in [0.05, 0.1) is 6.54 Å². The van der Waals surface area contributed by atoms with Gasteiger partial charge in [-0.05, 0) is 25.0 Å². The van der Waals surface area contributed by atoms with Crippen molar-refractivity contribution in [2.45, 2.75) is 38.8 Å². The Hall–Kier alpha value is -1.98. The van der Waals surface area contributed by atoms with Gasteiger partial charge in [0, 0.05) is 13.0 Å². The summed E-state index contributed by atoms with van der Waals surface area (Å²) in [7, 11) is 0. The average molecular weight is 261 g/mol. The molecule has 0 spiro atoms. The van der Waals surface area contributed by atoms with Gasteiger partial charge in [-0.15, -0.1) is 10.2 Å². The zero-order valence-corrected chi connectivity index (χ0v) is 10.6. The molecule has 5 nitrogen and oxygen atoms in total. The largest absolute Gasteiger partial charge is 0.363 e. The quantitative estimate of drug-likeness (QED) is 0.860. The lowest BCUT2D eigenvalue weighted by atomic mass is 10.2. The minimum Gasteiger partial charge on any atom is -0.363 e. The zero-order valence-electron chi connectivity index (χ0n) is 10.6. The van der Waals surface area contributed by atoms with Gasteiger partial charge in [-0.2, -0.15) is 4.39 Å². The highest BCUT2D eigenvalue weighted by Crippen LogP contribution is 2.15. The molecule has 3 heterocycles. The summed E-state index contributed by atoms with van der Waals surface area (Å²) in [5, 5.41) is 11.5. The molecule has 0 atom stereocenters. The maximum Gasteiger partial charge on any atom is 0.214 e. The Bertz CT molecular complexity index is 566. The fraction of sp³-hybridized carbons (Fsp3) is 0.462. The van der Waals surface area contributed by atoms with Crippen LogP contribution in [-0.4, -0.2) is 19.7 Å². The summed E-state index contributed by atoms with van der Waals surface area (Å²) >= 11 is 0. The van der Waals surface area contributed by atoms with Crippen LogP contribution >= 0.6 is 0 Å². The molecule has 0 saturated carbocycles.